The Morgan fingerprint density at radius 3 is 3.00 bits per heavy atom. The summed E-state index contributed by atoms with van der Waals surface area (Å²) < 4.78 is 11.4. The Kier molecular flexibility index (Phi) is 3.57. The molecular weight excluding hydrogens is 216 g/mol. The van der Waals surface area contributed by atoms with Crippen molar-refractivity contribution in [3.63, 3.8) is 0 Å². The summed E-state index contributed by atoms with van der Waals surface area (Å²) in [6, 6.07) is 6.00. The van der Waals surface area contributed by atoms with E-state index >= 15 is 0 Å². The molecule has 17 heavy (non-hydrogen) atoms. The van der Waals surface area contributed by atoms with Crippen molar-refractivity contribution in [1.82, 2.24) is 0 Å². The molecule has 0 amide bonds. The number of aryl methyl sites for hydroxylation is 1. The van der Waals surface area contributed by atoms with Gasteiger partial charge in [-0.05, 0) is 24.5 Å². The first-order chi connectivity index (χ1) is 8.12. The van der Waals surface area contributed by atoms with E-state index in [1.54, 1.807) is 0 Å². The van der Waals surface area contributed by atoms with Crippen molar-refractivity contribution in [1.29, 1.82) is 0 Å². The van der Waals surface area contributed by atoms with Gasteiger partial charge in [-0.1, -0.05) is 26.0 Å². The maximum Gasteiger partial charge on any atom is 0.164 e. The predicted molar refractivity (Wildman–Crippen MR) is 66.6 cm³/mol. The lowest BCUT2D eigenvalue weighted by Gasteiger charge is -2.25. The van der Waals surface area contributed by atoms with E-state index in [9.17, 15) is 5.11 Å². The standard InChI is InChI=1S/C14H20O3/c1-14(2,9-15)10-17-12-7-3-5-11-6-4-8-16-13(11)12/h3,5,7,15H,4,6,8-10H2,1-2H3. The fourth-order valence-electron chi connectivity index (χ4n) is 1.79. The van der Waals surface area contributed by atoms with Gasteiger partial charge < -0.3 is 14.6 Å². The summed E-state index contributed by atoms with van der Waals surface area (Å²) in [5.41, 5.74) is 0.993. The molecule has 1 heterocycles. The number of para-hydroxylation sites is 1. The molecule has 0 saturated heterocycles. The molecule has 3 heteroatoms. The zero-order chi connectivity index (χ0) is 12.3. The van der Waals surface area contributed by atoms with Crippen LogP contribution >= 0.6 is 0 Å². The Balaban J connectivity index is 2.11. The molecule has 1 aliphatic rings. The van der Waals surface area contributed by atoms with Gasteiger partial charge in [0.25, 0.3) is 0 Å². The average Bonchev–Trinajstić information content (AvgIpc) is 2.36. The lowest BCUT2D eigenvalue weighted by atomic mass is 9.96. The Labute approximate surface area is 102 Å². The number of benzene rings is 1. The largest absolute Gasteiger partial charge is 0.489 e. The zero-order valence-corrected chi connectivity index (χ0v) is 10.5. The highest BCUT2D eigenvalue weighted by Crippen LogP contribution is 2.35. The van der Waals surface area contributed by atoms with Crippen LogP contribution in [0.5, 0.6) is 11.5 Å². The molecule has 1 aliphatic heterocycles. The Hall–Kier alpha value is -1.22. The number of hydrogen-bond acceptors (Lipinski definition) is 3. The Morgan fingerprint density at radius 2 is 2.24 bits per heavy atom. The van der Waals surface area contributed by atoms with Gasteiger partial charge >= 0.3 is 0 Å². The zero-order valence-electron chi connectivity index (χ0n) is 10.5. The number of rotatable bonds is 4. The second kappa shape index (κ2) is 4.96. The fourth-order valence-corrected chi connectivity index (χ4v) is 1.79. The molecule has 0 spiro atoms. The molecule has 0 atom stereocenters. The van der Waals surface area contributed by atoms with E-state index in [2.05, 4.69) is 6.07 Å². The summed E-state index contributed by atoms with van der Waals surface area (Å²) in [5, 5.41) is 9.20. The maximum atomic E-state index is 9.20. The third-order valence-electron chi connectivity index (χ3n) is 2.94. The van der Waals surface area contributed by atoms with Gasteiger partial charge in [0.1, 0.15) is 0 Å². The first-order valence-corrected chi connectivity index (χ1v) is 6.11. The van der Waals surface area contributed by atoms with Crippen molar-refractivity contribution in [2.24, 2.45) is 5.41 Å². The lowest BCUT2D eigenvalue weighted by Crippen LogP contribution is -2.25. The minimum atomic E-state index is -0.225. The molecule has 1 N–H and O–H groups in total. The van der Waals surface area contributed by atoms with E-state index in [0.717, 1.165) is 30.9 Å². The Morgan fingerprint density at radius 1 is 1.41 bits per heavy atom. The van der Waals surface area contributed by atoms with Crippen LogP contribution in [0.15, 0.2) is 18.2 Å². The molecule has 0 radical (unpaired) electrons. The van der Waals surface area contributed by atoms with Crippen LogP contribution in [0, 0.1) is 5.41 Å². The van der Waals surface area contributed by atoms with Crippen molar-refractivity contribution < 1.29 is 14.6 Å². The van der Waals surface area contributed by atoms with Crippen molar-refractivity contribution in [3.05, 3.63) is 23.8 Å². The molecule has 3 nitrogen and oxygen atoms in total. The monoisotopic (exact) mass is 236 g/mol. The third-order valence-corrected chi connectivity index (χ3v) is 2.94. The van der Waals surface area contributed by atoms with Gasteiger partial charge in [-0.2, -0.15) is 0 Å². The fraction of sp³-hybridized carbons (Fsp3) is 0.571. The van der Waals surface area contributed by atoms with Crippen LogP contribution in [0.4, 0.5) is 0 Å². The van der Waals surface area contributed by atoms with Crippen molar-refractivity contribution in [3.8, 4) is 11.5 Å². The van der Waals surface area contributed by atoms with Crippen LogP contribution in [0.25, 0.3) is 0 Å². The van der Waals surface area contributed by atoms with Crippen molar-refractivity contribution in [2.75, 3.05) is 19.8 Å². The number of fused-ring (bicyclic) bond motifs is 1. The van der Waals surface area contributed by atoms with Crippen LogP contribution in [-0.4, -0.2) is 24.9 Å². The quantitative estimate of drug-likeness (QED) is 0.872. The van der Waals surface area contributed by atoms with E-state index in [1.165, 1.54) is 5.56 Å². The highest BCUT2D eigenvalue weighted by atomic mass is 16.5. The summed E-state index contributed by atoms with van der Waals surface area (Å²) >= 11 is 0. The van der Waals surface area contributed by atoms with Gasteiger partial charge in [0.2, 0.25) is 0 Å². The van der Waals surface area contributed by atoms with Crippen molar-refractivity contribution in [2.45, 2.75) is 26.7 Å². The smallest absolute Gasteiger partial charge is 0.164 e. The number of hydrogen-bond donors (Lipinski definition) is 1. The lowest BCUT2D eigenvalue weighted by molar-refractivity contribution is 0.0948. The average molecular weight is 236 g/mol. The van der Waals surface area contributed by atoms with Crippen LogP contribution in [0.1, 0.15) is 25.8 Å². The first kappa shape index (κ1) is 12.2. The molecule has 0 aromatic heterocycles. The summed E-state index contributed by atoms with van der Waals surface area (Å²) in [4.78, 5) is 0. The minimum Gasteiger partial charge on any atom is -0.489 e. The summed E-state index contributed by atoms with van der Waals surface area (Å²) in [6.07, 6.45) is 2.12. The highest BCUT2D eigenvalue weighted by molar-refractivity contribution is 5.47. The minimum absolute atomic E-state index is 0.114. The van der Waals surface area contributed by atoms with Crippen LogP contribution in [-0.2, 0) is 6.42 Å². The van der Waals surface area contributed by atoms with Gasteiger partial charge in [0.15, 0.2) is 11.5 Å². The molecule has 0 aliphatic carbocycles. The number of ether oxygens (including phenoxy) is 2. The van der Waals surface area contributed by atoms with Crippen LogP contribution in [0.3, 0.4) is 0 Å². The molecular formula is C14H20O3. The molecule has 0 bridgehead atoms. The molecule has 94 valence electrons. The van der Waals surface area contributed by atoms with E-state index in [-0.39, 0.29) is 12.0 Å². The van der Waals surface area contributed by atoms with Gasteiger partial charge in [-0.3, -0.25) is 0 Å². The second-order valence-corrected chi connectivity index (χ2v) is 5.31. The molecule has 1 aromatic rings. The molecule has 0 saturated carbocycles. The van der Waals surface area contributed by atoms with E-state index < -0.39 is 0 Å². The summed E-state index contributed by atoms with van der Waals surface area (Å²) in [5.74, 6) is 1.68. The van der Waals surface area contributed by atoms with Crippen LogP contribution in [0.2, 0.25) is 0 Å². The normalized spacial score (nSPS) is 15.0. The van der Waals surface area contributed by atoms with Gasteiger partial charge in [-0.15, -0.1) is 0 Å². The SMILES string of the molecule is CC(C)(CO)COc1cccc2c1OCCC2. The van der Waals surface area contributed by atoms with Crippen molar-refractivity contribution >= 4 is 0 Å². The highest BCUT2D eigenvalue weighted by Gasteiger charge is 2.20. The van der Waals surface area contributed by atoms with E-state index in [4.69, 9.17) is 9.47 Å². The third kappa shape index (κ3) is 2.91. The van der Waals surface area contributed by atoms with E-state index in [0.29, 0.717) is 6.61 Å². The molecule has 0 fully saturated rings. The second-order valence-electron chi connectivity index (χ2n) is 5.31. The summed E-state index contributed by atoms with van der Waals surface area (Å²) in [6.45, 7) is 5.31. The first-order valence-electron chi connectivity index (χ1n) is 6.11. The van der Waals surface area contributed by atoms with Gasteiger partial charge in [0, 0.05) is 5.41 Å². The van der Waals surface area contributed by atoms with Crippen LogP contribution < -0.4 is 9.47 Å². The van der Waals surface area contributed by atoms with Gasteiger partial charge in [-0.25, -0.2) is 0 Å². The predicted octanol–water partition coefficient (Wildman–Crippen LogP) is 2.41. The van der Waals surface area contributed by atoms with Gasteiger partial charge in [0.05, 0.1) is 19.8 Å². The maximum absolute atomic E-state index is 9.20. The summed E-state index contributed by atoms with van der Waals surface area (Å²) in [7, 11) is 0. The number of aliphatic hydroxyl groups excluding tert-OH is 1. The van der Waals surface area contributed by atoms with E-state index in [1.807, 2.05) is 26.0 Å². The number of aliphatic hydroxyl groups is 1. The molecule has 2 rings (SSSR count). The Bertz CT molecular complexity index is 385. The topological polar surface area (TPSA) is 38.7 Å². The molecule has 0 unspecified atom stereocenters. The molecule has 1 aromatic carbocycles.